The van der Waals surface area contributed by atoms with Crippen LogP contribution in [0.15, 0.2) is 23.1 Å². The van der Waals surface area contributed by atoms with Crippen molar-refractivity contribution in [2.24, 2.45) is 0 Å². The first kappa shape index (κ1) is 14.8. The van der Waals surface area contributed by atoms with E-state index in [1.54, 1.807) is 13.8 Å². The predicted molar refractivity (Wildman–Crippen MR) is 63.5 cm³/mol. The van der Waals surface area contributed by atoms with Crippen LogP contribution in [0.5, 0.6) is 0 Å². The molecule has 0 aliphatic heterocycles. The molecule has 0 fully saturated rings. The molecule has 0 bridgehead atoms. The maximum absolute atomic E-state index is 13.5. The highest BCUT2D eigenvalue weighted by molar-refractivity contribution is 7.86. The predicted octanol–water partition coefficient (Wildman–Crippen LogP) is 2.41. The number of ether oxygens (including phenoxy) is 1. The summed E-state index contributed by atoms with van der Waals surface area (Å²) in [6.45, 7) is 3.45. The van der Waals surface area contributed by atoms with Crippen LogP contribution < -0.4 is 0 Å². The summed E-state index contributed by atoms with van der Waals surface area (Å²) < 4.78 is 43.0. The highest BCUT2D eigenvalue weighted by Gasteiger charge is 2.27. The fraction of sp³-hybridized carbons (Fsp3) is 0.417. The second kappa shape index (κ2) is 6.58. The van der Waals surface area contributed by atoms with E-state index in [2.05, 4.69) is 0 Å². The van der Waals surface area contributed by atoms with Crippen LogP contribution >= 0.6 is 0 Å². The van der Waals surface area contributed by atoms with E-state index in [4.69, 9.17) is 4.74 Å². The molecule has 0 heterocycles. The summed E-state index contributed by atoms with van der Waals surface area (Å²) >= 11 is 0. The van der Waals surface area contributed by atoms with E-state index >= 15 is 0 Å². The molecule has 0 aromatic heterocycles. The van der Waals surface area contributed by atoms with Gasteiger partial charge in [0.2, 0.25) is 0 Å². The molecular weight excluding hydrogens is 262 g/mol. The van der Waals surface area contributed by atoms with Crippen LogP contribution in [0.25, 0.3) is 0 Å². The Morgan fingerprint density at radius 1 is 1.39 bits per heavy atom. The first-order chi connectivity index (χ1) is 8.51. The molecular formula is C12H14F2O3S. The lowest BCUT2D eigenvalue weighted by molar-refractivity contribution is -0.142. The van der Waals surface area contributed by atoms with Gasteiger partial charge in [0.1, 0.15) is 16.9 Å². The number of hydrogen-bond donors (Lipinski definition) is 0. The third-order valence-corrected chi connectivity index (χ3v) is 4.10. The van der Waals surface area contributed by atoms with Gasteiger partial charge in [-0.3, -0.25) is 9.00 Å². The third-order valence-electron chi connectivity index (χ3n) is 2.29. The van der Waals surface area contributed by atoms with Crippen LogP contribution in [-0.4, -0.2) is 22.0 Å². The van der Waals surface area contributed by atoms with Crippen LogP contribution in [0.4, 0.5) is 8.78 Å². The minimum Gasteiger partial charge on any atom is -0.465 e. The van der Waals surface area contributed by atoms with Gasteiger partial charge in [-0.15, -0.1) is 0 Å². The molecule has 0 aliphatic rings. The van der Waals surface area contributed by atoms with Gasteiger partial charge in [-0.2, -0.15) is 0 Å². The second-order valence-corrected chi connectivity index (χ2v) is 5.12. The molecule has 0 saturated heterocycles. The van der Waals surface area contributed by atoms with Crippen molar-refractivity contribution in [2.75, 3.05) is 6.61 Å². The lowest BCUT2D eigenvalue weighted by Crippen LogP contribution is -2.28. The summed E-state index contributed by atoms with van der Waals surface area (Å²) in [7, 11) is -1.89. The average molecular weight is 276 g/mol. The number of rotatable bonds is 5. The van der Waals surface area contributed by atoms with Crippen LogP contribution in [0.3, 0.4) is 0 Å². The van der Waals surface area contributed by atoms with Gasteiger partial charge in [0.25, 0.3) is 0 Å². The van der Waals surface area contributed by atoms with Crippen molar-refractivity contribution in [3.63, 3.8) is 0 Å². The van der Waals surface area contributed by atoms with E-state index < -0.39 is 33.7 Å². The van der Waals surface area contributed by atoms with Gasteiger partial charge in [-0.05, 0) is 25.5 Å². The molecule has 2 unspecified atom stereocenters. The fourth-order valence-electron chi connectivity index (χ4n) is 1.43. The van der Waals surface area contributed by atoms with Crippen LogP contribution in [0.1, 0.15) is 20.3 Å². The van der Waals surface area contributed by atoms with Gasteiger partial charge in [0.05, 0.1) is 22.3 Å². The van der Waals surface area contributed by atoms with E-state index in [1.807, 2.05) is 0 Å². The van der Waals surface area contributed by atoms with Crippen LogP contribution in [0.2, 0.25) is 0 Å². The van der Waals surface area contributed by atoms with Crippen molar-refractivity contribution < 1.29 is 22.5 Å². The summed E-state index contributed by atoms with van der Waals surface area (Å²) in [6, 6.07) is 2.74. The number of carbonyl (C=O) groups excluding carboxylic acids is 1. The van der Waals surface area contributed by atoms with Crippen LogP contribution in [0, 0.1) is 11.6 Å². The minimum absolute atomic E-state index is 0.165. The van der Waals surface area contributed by atoms with E-state index in [0.29, 0.717) is 6.07 Å². The first-order valence-electron chi connectivity index (χ1n) is 5.53. The standard InChI is InChI=1S/C12H14F2O3S/c1-3-10(12(15)17-4-2)18(16)11-6-5-8(13)7-9(11)14/h5-7,10H,3-4H2,1-2H3. The molecule has 0 N–H and O–H groups in total. The van der Waals surface area contributed by atoms with E-state index in [-0.39, 0.29) is 17.9 Å². The zero-order valence-corrected chi connectivity index (χ0v) is 10.9. The van der Waals surface area contributed by atoms with Crippen molar-refractivity contribution in [1.29, 1.82) is 0 Å². The van der Waals surface area contributed by atoms with Crippen molar-refractivity contribution in [3.05, 3.63) is 29.8 Å². The number of hydrogen-bond acceptors (Lipinski definition) is 3. The van der Waals surface area contributed by atoms with Gasteiger partial charge >= 0.3 is 5.97 Å². The molecule has 0 saturated carbocycles. The summed E-state index contributed by atoms with van der Waals surface area (Å²) in [4.78, 5) is 11.4. The molecule has 6 heteroatoms. The highest BCUT2D eigenvalue weighted by atomic mass is 32.2. The highest BCUT2D eigenvalue weighted by Crippen LogP contribution is 2.19. The van der Waals surface area contributed by atoms with Gasteiger partial charge in [0.15, 0.2) is 0 Å². The summed E-state index contributed by atoms with van der Waals surface area (Å²) in [5, 5.41) is -0.940. The second-order valence-electron chi connectivity index (χ2n) is 3.52. The average Bonchev–Trinajstić information content (AvgIpc) is 2.29. The Hall–Kier alpha value is -1.30. The molecule has 18 heavy (non-hydrogen) atoms. The SMILES string of the molecule is CCOC(=O)C(CC)S(=O)c1ccc(F)cc1F. The normalized spacial score (nSPS) is 14.0. The fourth-order valence-corrected chi connectivity index (χ4v) is 2.74. The molecule has 1 aromatic rings. The number of benzene rings is 1. The molecule has 0 aliphatic carbocycles. The van der Waals surface area contributed by atoms with Gasteiger partial charge < -0.3 is 4.74 Å². The monoisotopic (exact) mass is 276 g/mol. The first-order valence-corrected chi connectivity index (χ1v) is 6.74. The molecule has 0 radical (unpaired) electrons. The van der Waals surface area contributed by atoms with Crippen molar-refractivity contribution in [2.45, 2.75) is 30.4 Å². The zero-order valence-electron chi connectivity index (χ0n) is 10.1. The largest absolute Gasteiger partial charge is 0.465 e. The van der Waals surface area contributed by atoms with Crippen molar-refractivity contribution in [1.82, 2.24) is 0 Å². The summed E-state index contributed by atoms with van der Waals surface area (Å²) in [5.74, 6) is -2.31. The summed E-state index contributed by atoms with van der Waals surface area (Å²) in [5.41, 5.74) is 0. The van der Waals surface area contributed by atoms with Gasteiger partial charge in [-0.25, -0.2) is 8.78 Å². The minimum atomic E-state index is -1.89. The van der Waals surface area contributed by atoms with E-state index in [1.165, 1.54) is 0 Å². The number of carbonyl (C=O) groups is 1. The Morgan fingerprint density at radius 2 is 2.06 bits per heavy atom. The third kappa shape index (κ3) is 3.35. The van der Waals surface area contributed by atoms with Crippen LogP contribution in [-0.2, 0) is 20.3 Å². The van der Waals surface area contributed by atoms with Gasteiger partial charge in [0, 0.05) is 6.07 Å². The molecule has 3 nitrogen and oxygen atoms in total. The maximum Gasteiger partial charge on any atom is 0.322 e. The summed E-state index contributed by atoms with van der Waals surface area (Å²) in [6.07, 6.45) is 0.252. The smallest absolute Gasteiger partial charge is 0.322 e. The molecule has 0 spiro atoms. The van der Waals surface area contributed by atoms with Crippen molar-refractivity contribution in [3.8, 4) is 0 Å². The topological polar surface area (TPSA) is 43.4 Å². The Labute approximate surface area is 107 Å². The number of esters is 1. The molecule has 1 aromatic carbocycles. The van der Waals surface area contributed by atoms with Crippen molar-refractivity contribution >= 4 is 16.8 Å². The molecule has 0 amide bonds. The lowest BCUT2D eigenvalue weighted by atomic mass is 10.3. The molecule has 2 atom stereocenters. The molecule has 100 valence electrons. The van der Waals surface area contributed by atoms with Gasteiger partial charge in [-0.1, -0.05) is 6.92 Å². The Morgan fingerprint density at radius 3 is 2.56 bits per heavy atom. The Balaban J connectivity index is 3.00. The zero-order chi connectivity index (χ0) is 13.7. The Kier molecular flexibility index (Phi) is 5.40. The van der Waals surface area contributed by atoms with E-state index in [0.717, 1.165) is 12.1 Å². The lowest BCUT2D eigenvalue weighted by Gasteiger charge is -2.13. The number of halogens is 2. The molecule has 1 rings (SSSR count). The quantitative estimate of drug-likeness (QED) is 0.776. The van der Waals surface area contributed by atoms with E-state index in [9.17, 15) is 17.8 Å². The maximum atomic E-state index is 13.5. The Bertz CT molecular complexity index is 463.